The van der Waals surface area contributed by atoms with Crippen LogP contribution in [0.2, 0.25) is 0 Å². The van der Waals surface area contributed by atoms with Gasteiger partial charge in [0.05, 0.1) is 12.2 Å². The number of carbonyl (C=O) groups is 3. The second-order valence-electron chi connectivity index (χ2n) is 9.87. The molecule has 2 aromatic carbocycles. The fourth-order valence-corrected chi connectivity index (χ4v) is 4.49. The van der Waals surface area contributed by atoms with E-state index < -0.39 is 54.4 Å². The molecular formula is C29H33NO9. The molecule has 0 bridgehead atoms. The number of amides is 1. The lowest BCUT2D eigenvalue weighted by molar-refractivity contribution is -0.366. The predicted octanol–water partition coefficient (Wildman–Crippen LogP) is 3.20. The summed E-state index contributed by atoms with van der Waals surface area (Å²) in [5, 5.41) is 12.3. The zero-order chi connectivity index (χ0) is 28.2. The Morgan fingerprint density at radius 1 is 1.10 bits per heavy atom. The molecule has 6 unspecified atom stereocenters. The number of para-hydroxylation sites is 1. The van der Waals surface area contributed by atoms with Gasteiger partial charge in [0.2, 0.25) is 12.2 Å². The number of aliphatic carboxylic acids is 1. The van der Waals surface area contributed by atoms with Crippen LogP contribution in [0.1, 0.15) is 43.6 Å². The number of nitrogens with one attached hydrogen (secondary N) is 1. The Kier molecular flexibility index (Phi) is 8.81. The average Bonchev–Trinajstić information content (AvgIpc) is 2.89. The number of fused-ring (bicyclic) bond motifs is 1. The Morgan fingerprint density at radius 2 is 1.79 bits per heavy atom. The molecule has 2 heterocycles. The summed E-state index contributed by atoms with van der Waals surface area (Å²) in [7, 11) is 0. The van der Waals surface area contributed by atoms with Crippen LogP contribution in [-0.2, 0) is 28.5 Å². The highest BCUT2D eigenvalue weighted by atomic mass is 16.8. The van der Waals surface area contributed by atoms with Crippen LogP contribution in [0.4, 0.5) is 0 Å². The third-order valence-corrected chi connectivity index (χ3v) is 6.36. The molecule has 208 valence electrons. The summed E-state index contributed by atoms with van der Waals surface area (Å²) in [5.74, 6) is -2.64. The molecule has 1 amide bonds. The van der Waals surface area contributed by atoms with Gasteiger partial charge in [-0.3, -0.25) is 9.59 Å². The summed E-state index contributed by atoms with van der Waals surface area (Å²) < 4.78 is 30.2. The van der Waals surface area contributed by atoms with Crippen LogP contribution in [0, 0.1) is 0 Å². The Bertz CT molecular complexity index is 1210. The second-order valence-corrected chi connectivity index (χ2v) is 9.87. The molecule has 2 aromatic rings. The van der Waals surface area contributed by atoms with E-state index in [1.807, 2.05) is 30.3 Å². The maximum Gasteiger partial charge on any atom is 0.332 e. The zero-order valence-electron chi connectivity index (χ0n) is 22.2. The first kappa shape index (κ1) is 28.4. The van der Waals surface area contributed by atoms with Crippen LogP contribution in [-0.4, -0.2) is 71.9 Å². The second kappa shape index (κ2) is 12.1. The summed E-state index contributed by atoms with van der Waals surface area (Å²) in [5.41, 5.74) is 1.15. The van der Waals surface area contributed by atoms with Gasteiger partial charge in [-0.15, -0.1) is 0 Å². The fraction of sp³-hybridized carbons (Fsp3) is 0.414. The summed E-state index contributed by atoms with van der Waals surface area (Å²) in [4.78, 5) is 37.0. The molecule has 0 aliphatic carbocycles. The highest BCUT2D eigenvalue weighted by Crippen LogP contribution is 2.36. The quantitative estimate of drug-likeness (QED) is 0.364. The van der Waals surface area contributed by atoms with E-state index in [2.05, 4.69) is 5.32 Å². The molecule has 6 atom stereocenters. The average molecular weight is 540 g/mol. The largest absolute Gasteiger partial charge is 0.479 e. The first-order chi connectivity index (χ1) is 18.5. The number of ether oxygens (including phenoxy) is 5. The van der Waals surface area contributed by atoms with E-state index in [4.69, 9.17) is 23.7 Å². The van der Waals surface area contributed by atoms with Gasteiger partial charge in [0.1, 0.15) is 30.1 Å². The Labute approximate surface area is 226 Å². The van der Waals surface area contributed by atoms with E-state index in [0.29, 0.717) is 0 Å². The van der Waals surface area contributed by atoms with Gasteiger partial charge in [0.15, 0.2) is 17.7 Å². The van der Waals surface area contributed by atoms with Crippen molar-refractivity contribution in [2.45, 2.75) is 70.2 Å². The summed E-state index contributed by atoms with van der Waals surface area (Å²) in [6.45, 7) is 6.28. The van der Waals surface area contributed by atoms with Gasteiger partial charge in [0.25, 0.3) is 0 Å². The third kappa shape index (κ3) is 7.10. The van der Waals surface area contributed by atoms with Crippen molar-refractivity contribution >= 4 is 23.7 Å². The maximum atomic E-state index is 13.1. The third-order valence-electron chi connectivity index (χ3n) is 6.36. The highest BCUT2D eigenvalue weighted by Gasteiger charge is 2.54. The van der Waals surface area contributed by atoms with E-state index >= 15 is 0 Å². The highest BCUT2D eigenvalue weighted by molar-refractivity contribution is 6.08. The molecule has 10 heteroatoms. The van der Waals surface area contributed by atoms with Gasteiger partial charge in [-0.05, 0) is 44.5 Å². The number of hydrogen-bond donors (Lipinski definition) is 2. The molecule has 10 nitrogen and oxygen atoms in total. The lowest BCUT2D eigenvalue weighted by atomic mass is 9.94. The SMILES string of the molecule is CC(=O)NC1C(Oc2ccccc2C(=O)/C=C/c2ccccc2)OC2COC(C)(C)OC2C1OC(C)C(=O)O. The Morgan fingerprint density at radius 3 is 2.49 bits per heavy atom. The summed E-state index contributed by atoms with van der Waals surface area (Å²) in [6, 6.07) is 15.1. The van der Waals surface area contributed by atoms with Crippen molar-refractivity contribution in [3.05, 3.63) is 71.8 Å². The van der Waals surface area contributed by atoms with Crippen molar-refractivity contribution in [1.82, 2.24) is 5.32 Å². The van der Waals surface area contributed by atoms with Gasteiger partial charge >= 0.3 is 5.97 Å². The van der Waals surface area contributed by atoms with Crippen LogP contribution >= 0.6 is 0 Å². The molecule has 4 rings (SSSR count). The number of carboxylic acid groups (broad SMARTS) is 1. The number of carbonyl (C=O) groups excluding carboxylic acids is 2. The van der Waals surface area contributed by atoms with Gasteiger partial charge in [-0.1, -0.05) is 48.5 Å². The standard InChI is InChI=1S/C29H33NO9/c1-17(27(33)34)36-26-24(30-18(2)31)28(38-23-16-35-29(3,4)39-25(23)26)37-22-13-9-8-12-20(22)21(32)15-14-19-10-6-5-7-11-19/h5-15,17,23-26,28H,16H2,1-4H3,(H,30,31)(H,33,34)/b15-14+. The number of hydrogen-bond acceptors (Lipinski definition) is 8. The Balaban J connectivity index is 1.64. The van der Waals surface area contributed by atoms with Crippen molar-refractivity contribution < 1.29 is 43.2 Å². The molecule has 0 radical (unpaired) electrons. The molecular weight excluding hydrogens is 506 g/mol. The molecule has 39 heavy (non-hydrogen) atoms. The molecule has 2 saturated heterocycles. The minimum Gasteiger partial charge on any atom is -0.479 e. The molecule has 2 aliphatic rings. The van der Waals surface area contributed by atoms with Crippen molar-refractivity contribution in [1.29, 1.82) is 0 Å². The van der Waals surface area contributed by atoms with Crippen LogP contribution in [0.3, 0.4) is 0 Å². The fourth-order valence-electron chi connectivity index (χ4n) is 4.49. The minimum absolute atomic E-state index is 0.117. The molecule has 0 spiro atoms. The van der Waals surface area contributed by atoms with Crippen LogP contribution in [0.25, 0.3) is 6.08 Å². The van der Waals surface area contributed by atoms with Crippen molar-refractivity contribution in [2.75, 3.05) is 6.61 Å². The smallest absolute Gasteiger partial charge is 0.332 e. The van der Waals surface area contributed by atoms with Gasteiger partial charge in [-0.2, -0.15) is 0 Å². The topological polar surface area (TPSA) is 130 Å². The van der Waals surface area contributed by atoms with E-state index in [1.54, 1.807) is 44.2 Å². The molecule has 0 saturated carbocycles. The lowest BCUT2D eigenvalue weighted by Crippen LogP contribution is -2.70. The molecule has 2 fully saturated rings. The Hall–Kier alpha value is -3.57. The monoisotopic (exact) mass is 539 g/mol. The van der Waals surface area contributed by atoms with Crippen molar-refractivity contribution in [3.8, 4) is 5.75 Å². The first-order valence-corrected chi connectivity index (χ1v) is 12.7. The van der Waals surface area contributed by atoms with Crippen molar-refractivity contribution in [3.63, 3.8) is 0 Å². The predicted molar refractivity (Wildman–Crippen MR) is 140 cm³/mol. The normalized spacial score (nSPS) is 26.8. The lowest BCUT2D eigenvalue weighted by Gasteiger charge is -2.51. The minimum atomic E-state index is -1.21. The number of carboxylic acids is 1. The van der Waals surface area contributed by atoms with Gasteiger partial charge in [0, 0.05) is 6.92 Å². The summed E-state index contributed by atoms with van der Waals surface area (Å²) in [6.07, 6.45) is -1.63. The van der Waals surface area contributed by atoms with Crippen LogP contribution in [0.15, 0.2) is 60.7 Å². The molecule has 2 N–H and O–H groups in total. The van der Waals surface area contributed by atoms with Gasteiger partial charge in [-0.25, -0.2) is 4.79 Å². The number of rotatable bonds is 9. The van der Waals surface area contributed by atoms with Crippen LogP contribution < -0.4 is 10.1 Å². The number of benzene rings is 2. The van der Waals surface area contributed by atoms with E-state index in [1.165, 1.54) is 19.9 Å². The van der Waals surface area contributed by atoms with E-state index in [9.17, 15) is 19.5 Å². The zero-order valence-corrected chi connectivity index (χ0v) is 22.2. The van der Waals surface area contributed by atoms with Gasteiger partial charge < -0.3 is 34.1 Å². The number of ketones is 1. The first-order valence-electron chi connectivity index (χ1n) is 12.7. The molecule has 0 aromatic heterocycles. The van der Waals surface area contributed by atoms with Crippen molar-refractivity contribution in [2.24, 2.45) is 0 Å². The van der Waals surface area contributed by atoms with Crippen LogP contribution in [0.5, 0.6) is 5.75 Å². The van der Waals surface area contributed by atoms with E-state index in [-0.39, 0.29) is 23.7 Å². The maximum absolute atomic E-state index is 13.1. The molecule has 2 aliphatic heterocycles. The number of allylic oxidation sites excluding steroid dienone is 1. The van der Waals surface area contributed by atoms with E-state index in [0.717, 1.165) is 5.56 Å². The summed E-state index contributed by atoms with van der Waals surface area (Å²) >= 11 is 0.